The lowest BCUT2D eigenvalue weighted by molar-refractivity contribution is -0.384. The van der Waals surface area contributed by atoms with E-state index >= 15 is 0 Å². The van der Waals surface area contributed by atoms with E-state index in [0.717, 1.165) is 22.3 Å². The largest absolute Gasteiger partial charge is 0.270 e. The minimum absolute atomic E-state index is 0.00679. The van der Waals surface area contributed by atoms with Crippen molar-refractivity contribution in [1.82, 2.24) is 0 Å². The fourth-order valence-electron chi connectivity index (χ4n) is 2.72. The summed E-state index contributed by atoms with van der Waals surface area (Å²) in [6.07, 6.45) is 7.49. The predicted octanol–water partition coefficient (Wildman–Crippen LogP) is 4.69. The van der Waals surface area contributed by atoms with Gasteiger partial charge in [0, 0.05) is 23.3 Å². The van der Waals surface area contributed by atoms with Crippen molar-refractivity contribution in [2.24, 2.45) is 0 Å². The van der Waals surface area contributed by atoms with Crippen molar-refractivity contribution in [1.29, 1.82) is 0 Å². The average Bonchev–Trinajstić information content (AvgIpc) is 2.80. The van der Waals surface area contributed by atoms with Gasteiger partial charge in [0.15, 0.2) is 0 Å². The number of nitro benzene ring substituents is 1. The van der Waals surface area contributed by atoms with E-state index in [9.17, 15) is 14.5 Å². The SMILES string of the molecule is C#CC1=C(C)C(=Cc2ccc(F)cc2)c2ccc([N+](=O)[O-])cc21. The molecule has 23 heavy (non-hydrogen) atoms. The van der Waals surface area contributed by atoms with E-state index in [1.165, 1.54) is 24.3 Å². The van der Waals surface area contributed by atoms with Crippen molar-refractivity contribution in [2.75, 3.05) is 0 Å². The van der Waals surface area contributed by atoms with E-state index in [1.54, 1.807) is 18.2 Å². The molecule has 2 aromatic rings. The van der Waals surface area contributed by atoms with Crippen LogP contribution in [0, 0.1) is 28.3 Å². The maximum atomic E-state index is 13.0. The zero-order chi connectivity index (χ0) is 16.6. The molecule has 0 saturated carbocycles. The second kappa shape index (κ2) is 5.54. The van der Waals surface area contributed by atoms with Gasteiger partial charge in [-0.2, -0.15) is 0 Å². The third-order valence-corrected chi connectivity index (χ3v) is 3.88. The Labute approximate surface area is 132 Å². The number of fused-ring (bicyclic) bond motifs is 1. The average molecular weight is 305 g/mol. The maximum Gasteiger partial charge on any atom is 0.270 e. The third-order valence-electron chi connectivity index (χ3n) is 3.88. The van der Waals surface area contributed by atoms with Crippen molar-refractivity contribution >= 4 is 22.9 Å². The smallest absolute Gasteiger partial charge is 0.258 e. The fourth-order valence-corrected chi connectivity index (χ4v) is 2.72. The Bertz CT molecular complexity index is 915. The van der Waals surface area contributed by atoms with Crippen LogP contribution in [0.4, 0.5) is 10.1 Å². The Morgan fingerprint density at radius 3 is 2.48 bits per heavy atom. The molecule has 0 atom stereocenters. The van der Waals surface area contributed by atoms with Crippen LogP contribution in [0.1, 0.15) is 23.6 Å². The molecule has 1 aliphatic carbocycles. The molecule has 0 aliphatic heterocycles. The van der Waals surface area contributed by atoms with Gasteiger partial charge in [-0.05, 0) is 53.5 Å². The summed E-state index contributed by atoms with van der Waals surface area (Å²) in [6.45, 7) is 1.89. The van der Waals surface area contributed by atoms with Crippen molar-refractivity contribution in [3.05, 3.63) is 80.7 Å². The Morgan fingerprint density at radius 1 is 1.17 bits per heavy atom. The van der Waals surface area contributed by atoms with Gasteiger partial charge in [0.1, 0.15) is 5.82 Å². The van der Waals surface area contributed by atoms with E-state index in [4.69, 9.17) is 6.42 Å². The van der Waals surface area contributed by atoms with Crippen molar-refractivity contribution in [3.8, 4) is 12.3 Å². The quantitative estimate of drug-likeness (QED) is 0.459. The van der Waals surface area contributed by atoms with Gasteiger partial charge < -0.3 is 0 Å². The monoisotopic (exact) mass is 305 g/mol. The molecule has 0 unspecified atom stereocenters. The van der Waals surface area contributed by atoms with Crippen LogP contribution in [-0.2, 0) is 0 Å². The highest BCUT2D eigenvalue weighted by molar-refractivity contribution is 6.08. The number of allylic oxidation sites excluding steroid dienone is 3. The highest BCUT2D eigenvalue weighted by Crippen LogP contribution is 2.43. The number of nitro groups is 1. The van der Waals surface area contributed by atoms with Crippen LogP contribution in [0.2, 0.25) is 0 Å². The van der Waals surface area contributed by atoms with Gasteiger partial charge in [-0.3, -0.25) is 10.1 Å². The Morgan fingerprint density at radius 2 is 1.87 bits per heavy atom. The van der Waals surface area contributed by atoms with Gasteiger partial charge in [0.05, 0.1) is 4.92 Å². The molecule has 1 aliphatic rings. The molecule has 0 heterocycles. The van der Waals surface area contributed by atoms with E-state index in [2.05, 4.69) is 5.92 Å². The summed E-state index contributed by atoms with van der Waals surface area (Å²) in [7, 11) is 0. The summed E-state index contributed by atoms with van der Waals surface area (Å²) < 4.78 is 13.0. The van der Waals surface area contributed by atoms with E-state index < -0.39 is 4.92 Å². The van der Waals surface area contributed by atoms with E-state index in [1.807, 2.05) is 13.0 Å². The van der Waals surface area contributed by atoms with Crippen LogP contribution in [0.15, 0.2) is 48.0 Å². The maximum absolute atomic E-state index is 13.0. The second-order valence-corrected chi connectivity index (χ2v) is 5.24. The second-order valence-electron chi connectivity index (χ2n) is 5.24. The first kappa shape index (κ1) is 14.7. The third kappa shape index (κ3) is 2.53. The van der Waals surface area contributed by atoms with Crippen molar-refractivity contribution in [2.45, 2.75) is 6.92 Å². The Hall–Kier alpha value is -3.19. The molecule has 0 saturated heterocycles. The lowest BCUT2D eigenvalue weighted by atomic mass is 10.0. The summed E-state index contributed by atoms with van der Waals surface area (Å²) in [5.41, 5.74) is 4.81. The first-order valence-electron chi connectivity index (χ1n) is 6.95. The van der Waals surface area contributed by atoms with Gasteiger partial charge in [-0.1, -0.05) is 18.1 Å². The fraction of sp³-hybridized carbons (Fsp3) is 0.0526. The lowest BCUT2D eigenvalue weighted by Gasteiger charge is -2.04. The molecule has 3 nitrogen and oxygen atoms in total. The number of nitrogens with zero attached hydrogens (tertiary/aromatic N) is 1. The molecule has 0 fully saturated rings. The summed E-state index contributed by atoms with van der Waals surface area (Å²) in [5.74, 6) is 2.32. The van der Waals surface area contributed by atoms with Crippen LogP contribution in [0.25, 0.3) is 17.2 Å². The molecule has 112 valence electrons. The molecule has 0 spiro atoms. The number of hydrogen-bond donors (Lipinski definition) is 0. The number of terminal acetylenes is 1. The number of non-ortho nitro benzene ring substituents is 1. The van der Waals surface area contributed by atoms with Crippen LogP contribution < -0.4 is 0 Å². The van der Waals surface area contributed by atoms with Crippen LogP contribution >= 0.6 is 0 Å². The Kier molecular flexibility index (Phi) is 3.55. The highest BCUT2D eigenvalue weighted by atomic mass is 19.1. The van der Waals surface area contributed by atoms with Gasteiger partial charge in [0.25, 0.3) is 5.69 Å². The molecule has 0 aromatic heterocycles. The molecule has 0 N–H and O–H groups in total. The molecule has 3 rings (SSSR count). The molecular weight excluding hydrogens is 293 g/mol. The first-order valence-corrected chi connectivity index (χ1v) is 6.95. The molecule has 2 aromatic carbocycles. The topological polar surface area (TPSA) is 43.1 Å². The van der Waals surface area contributed by atoms with Crippen molar-refractivity contribution < 1.29 is 9.31 Å². The number of rotatable bonds is 2. The number of halogens is 1. The highest BCUT2D eigenvalue weighted by Gasteiger charge is 2.24. The standard InChI is InChI=1S/C19H12FNO2/c1-3-16-12(2)18(10-13-4-6-14(20)7-5-13)17-9-8-15(21(22)23)11-19(16)17/h1,4-11H,2H3. The minimum atomic E-state index is -0.439. The molecule has 0 radical (unpaired) electrons. The first-order chi connectivity index (χ1) is 11.0. The van der Waals surface area contributed by atoms with Gasteiger partial charge in [0.2, 0.25) is 0 Å². The van der Waals surface area contributed by atoms with Gasteiger partial charge >= 0.3 is 0 Å². The lowest BCUT2D eigenvalue weighted by Crippen LogP contribution is -1.91. The molecule has 0 bridgehead atoms. The Balaban J connectivity index is 2.18. The summed E-state index contributed by atoms with van der Waals surface area (Å²) in [5, 5.41) is 11.0. The number of benzene rings is 2. The molecule has 4 heteroatoms. The minimum Gasteiger partial charge on any atom is -0.258 e. The normalized spacial score (nSPS) is 14.7. The van der Waals surface area contributed by atoms with Crippen LogP contribution in [0.3, 0.4) is 0 Å². The molecular formula is C19H12FNO2. The number of hydrogen-bond acceptors (Lipinski definition) is 2. The van der Waals surface area contributed by atoms with E-state index in [0.29, 0.717) is 11.1 Å². The van der Waals surface area contributed by atoms with Crippen molar-refractivity contribution in [3.63, 3.8) is 0 Å². The van der Waals surface area contributed by atoms with Gasteiger partial charge in [-0.15, -0.1) is 6.42 Å². The van der Waals surface area contributed by atoms with Crippen LogP contribution in [-0.4, -0.2) is 4.92 Å². The summed E-state index contributed by atoms with van der Waals surface area (Å²) >= 11 is 0. The predicted molar refractivity (Wildman–Crippen MR) is 88.8 cm³/mol. The van der Waals surface area contributed by atoms with E-state index in [-0.39, 0.29) is 11.5 Å². The molecule has 0 amide bonds. The summed E-state index contributed by atoms with van der Waals surface area (Å²) in [4.78, 5) is 10.5. The summed E-state index contributed by atoms with van der Waals surface area (Å²) in [6, 6.07) is 10.8. The zero-order valence-electron chi connectivity index (χ0n) is 12.3. The zero-order valence-corrected chi connectivity index (χ0v) is 12.3. The van der Waals surface area contributed by atoms with Crippen LogP contribution in [0.5, 0.6) is 0 Å². The van der Waals surface area contributed by atoms with Gasteiger partial charge in [-0.25, -0.2) is 4.39 Å².